The largest absolute Gasteiger partial charge is 0.467 e. The van der Waals surface area contributed by atoms with E-state index in [4.69, 9.17) is 4.42 Å². The Morgan fingerprint density at radius 3 is 2.96 bits per heavy atom. The average molecular weight is 342 g/mol. The molecule has 0 radical (unpaired) electrons. The van der Waals surface area contributed by atoms with E-state index in [1.807, 2.05) is 4.90 Å². The molecule has 2 amide bonds. The molecule has 1 aliphatic heterocycles. The van der Waals surface area contributed by atoms with Crippen molar-refractivity contribution in [3.8, 4) is 0 Å². The van der Waals surface area contributed by atoms with Crippen LogP contribution in [0.5, 0.6) is 0 Å². The number of benzene rings is 1. The topological polar surface area (TPSA) is 65.7 Å². The SMILES string of the molecule is Cc1ccc(CNC(=O)N2CCCC2CC(O)c2ccco2)c(C)c1. The summed E-state index contributed by atoms with van der Waals surface area (Å²) in [6, 6.07) is 9.76. The minimum Gasteiger partial charge on any atom is -0.467 e. The molecule has 1 fully saturated rings. The van der Waals surface area contributed by atoms with E-state index in [2.05, 4.69) is 37.4 Å². The van der Waals surface area contributed by atoms with Crippen LogP contribution < -0.4 is 5.32 Å². The summed E-state index contributed by atoms with van der Waals surface area (Å²) in [5.74, 6) is 0.558. The number of hydrogen-bond donors (Lipinski definition) is 2. The number of hydrogen-bond acceptors (Lipinski definition) is 3. The fourth-order valence-electron chi connectivity index (χ4n) is 3.52. The number of aryl methyl sites for hydroxylation is 2. The minimum atomic E-state index is -0.673. The van der Waals surface area contributed by atoms with Crippen molar-refractivity contribution in [2.24, 2.45) is 0 Å². The molecular weight excluding hydrogens is 316 g/mol. The van der Waals surface area contributed by atoms with Crippen LogP contribution in [0.4, 0.5) is 4.79 Å². The van der Waals surface area contributed by atoms with Gasteiger partial charge < -0.3 is 19.7 Å². The number of nitrogens with one attached hydrogen (secondary N) is 1. The Labute approximate surface area is 148 Å². The molecule has 5 nitrogen and oxygen atoms in total. The molecule has 3 rings (SSSR count). The Kier molecular flexibility index (Phi) is 5.43. The molecule has 2 unspecified atom stereocenters. The highest BCUT2D eigenvalue weighted by Gasteiger charge is 2.31. The number of nitrogens with zero attached hydrogens (tertiary/aromatic N) is 1. The van der Waals surface area contributed by atoms with E-state index < -0.39 is 6.10 Å². The second-order valence-corrected chi connectivity index (χ2v) is 6.85. The van der Waals surface area contributed by atoms with Crippen LogP contribution in [0.1, 0.15) is 47.8 Å². The van der Waals surface area contributed by atoms with Crippen LogP contribution in [0.2, 0.25) is 0 Å². The minimum absolute atomic E-state index is 0.0409. The maximum atomic E-state index is 12.6. The first-order valence-electron chi connectivity index (χ1n) is 8.86. The van der Waals surface area contributed by atoms with Crippen LogP contribution in [0.25, 0.3) is 0 Å². The molecule has 1 aromatic carbocycles. The fourth-order valence-corrected chi connectivity index (χ4v) is 3.52. The van der Waals surface area contributed by atoms with Crippen molar-refractivity contribution >= 4 is 6.03 Å². The van der Waals surface area contributed by atoms with Crippen LogP contribution in [-0.2, 0) is 6.54 Å². The third kappa shape index (κ3) is 4.23. The summed E-state index contributed by atoms with van der Waals surface area (Å²) in [5.41, 5.74) is 3.54. The summed E-state index contributed by atoms with van der Waals surface area (Å²) in [6.07, 6.45) is 3.26. The second-order valence-electron chi connectivity index (χ2n) is 6.85. The van der Waals surface area contributed by atoms with Gasteiger partial charge in [0.2, 0.25) is 0 Å². The smallest absolute Gasteiger partial charge is 0.317 e. The summed E-state index contributed by atoms with van der Waals surface area (Å²) < 4.78 is 5.26. The first kappa shape index (κ1) is 17.5. The standard InChI is InChI=1S/C20H26N2O3/c1-14-7-8-16(15(2)11-14)13-21-20(24)22-9-3-5-17(22)12-18(23)19-6-4-10-25-19/h4,6-8,10-11,17-18,23H,3,5,9,12-13H2,1-2H3,(H,21,24). The number of urea groups is 1. The summed E-state index contributed by atoms with van der Waals surface area (Å²) >= 11 is 0. The quantitative estimate of drug-likeness (QED) is 0.871. The zero-order valence-corrected chi connectivity index (χ0v) is 14.9. The first-order chi connectivity index (χ1) is 12.0. The van der Waals surface area contributed by atoms with Gasteiger partial charge in [0.1, 0.15) is 11.9 Å². The first-order valence-corrected chi connectivity index (χ1v) is 8.86. The molecule has 1 aromatic heterocycles. The number of aliphatic hydroxyl groups is 1. The Morgan fingerprint density at radius 2 is 2.24 bits per heavy atom. The summed E-state index contributed by atoms with van der Waals surface area (Å²) in [7, 11) is 0. The molecule has 1 saturated heterocycles. The van der Waals surface area contributed by atoms with Crippen LogP contribution in [0.15, 0.2) is 41.0 Å². The van der Waals surface area contributed by atoms with Crippen molar-refractivity contribution in [2.45, 2.75) is 51.8 Å². The van der Waals surface area contributed by atoms with Gasteiger partial charge in [-0.3, -0.25) is 0 Å². The van der Waals surface area contributed by atoms with Crippen LogP contribution in [0.3, 0.4) is 0 Å². The van der Waals surface area contributed by atoms with Crippen LogP contribution >= 0.6 is 0 Å². The second kappa shape index (κ2) is 7.74. The summed E-state index contributed by atoms with van der Waals surface area (Å²) in [4.78, 5) is 14.4. The molecule has 2 N–H and O–H groups in total. The molecule has 0 aliphatic carbocycles. The third-order valence-electron chi connectivity index (χ3n) is 4.93. The highest BCUT2D eigenvalue weighted by atomic mass is 16.4. The summed E-state index contributed by atoms with van der Waals surface area (Å²) in [5, 5.41) is 13.3. The molecule has 2 heterocycles. The van der Waals surface area contributed by atoms with Gasteiger partial charge >= 0.3 is 6.03 Å². The third-order valence-corrected chi connectivity index (χ3v) is 4.93. The van der Waals surface area contributed by atoms with Gasteiger partial charge in [-0.25, -0.2) is 4.79 Å². The van der Waals surface area contributed by atoms with E-state index >= 15 is 0 Å². The lowest BCUT2D eigenvalue weighted by molar-refractivity contribution is 0.108. The average Bonchev–Trinajstić information content (AvgIpc) is 3.25. The Balaban J connectivity index is 1.57. The van der Waals surface area contributed by atoms with E-state index in [1.165, 1.54) is 11.1 Å². The van der Waals surface area contributed by atoms with Gasteiger partial charge in [0, 0.05) is 25.6 Å². The predicted octanol–water partition coefficient (Wildman–Crippen LogP) is 3.69. The van der Waals surface area contributed by atoms with E-state index in [1.54, 1.807) is 18.4 Å². The maximum Gasteiger partial charge on any atom is 0.317 e. The molecule has 0 spiro atoms. The van der Waals surface area contributed by atoms with Gasteiger partial charge in [0.05, 0.1) is 6.26 Å². The number of rotatable bonds is 5. The van der Waals surface area contributed by atoms with Gasteiger partial charge in [0.25, 0.3) is 0 Å². The van der Waals surface area contributed by atoms with E-state index in [0.29, 0.717) is 18.7 Å². The predicted molar refractivity (Wildman–Crippen MR) is 96.2 cm³/mol. The van der Waals surface area contributed by atoms with Crippen molar-refractivity contribution in [1.29, 1.82) is 0 Å². The van der Waals surface area contributed by atoms with E-state index in [9.17, 15) is 9.90 Å². The summed E-state index contributed by atoms with van der Waals surface area (Å²) in [6.45, 7) is 5.38. The van der Waals surface area contributed by atoms with Crippen LogP contribution in [0, 0.1) is 13.8 Å². The lowest BCUT2D eigenvalue weighted by atomic mass is 10.1. The molecule has 2 atom stereocenters. The molecule has 134 valence electrons. The van der Waals surface area contributed by atoms with Gasteiger partial charge in [-0.1, -0.05) is 23.8 Å². The number of aliphatic hydroxyl groups excluding tert-OH is 1. The number of carbonyl (C=O) groups is 1. The molecular formula is C20H26N2O3. The van der Waals surface area contributed by atoms with Gasteiger partial charge in [-0.2, -0.15) is 0 Å². The molecule has 0 saturated carbocycles. The zero-order chi connectivity index (χ0) is 17.8. The highest BCUT2D eigenvalue weighted by Crippen LogP contribution is 2.27. The van der Waals surface area contributed by atoms with Crippen molar-refractivity contribution in [2.75, 3.05) is 6.54 Å². The van der Waals surface area contributed by atoms with Gasteiger partial charge in [0.15, 0.2) is 0 Å². The van der Waals surface area contributed by atoms with Crippen molar-refractivity contribution in [3.05, 3.63) is 59.0 Å². The lowest BCUT2D eigenvalue weighted by Gasteiger charge is -2.26. The van der Waals surface area contributed by atoms with Crippen LogP contribution in [-0.4, -0.2) is 28.6 Å². The Morgan fingerprint density at radius 1 is 1.40 bits per heavy atom. The van der Waals surface area contributed by atoms with Crippen molar-refractivity contribution in [1.82, 2.24) is 10.2 Å². The van der Waals surface area contributed by atoms with Gasteiger partial charge in [-0.05, 0) is 49.9 Å². The number of carbonyl (C=O) groups excluding carboxylic acids is 1. The molecule has 1 aliphatic rings. The number of amides is 2. The van der Waals surface area contributed by atoms with E-state index in [0.717, 1.165) is 24.9 Å². The molecule has 5 heteroatoms. The molecule has 2 aromatic rings. The van der Waals surface area contributed by atoms with Crippen molar-refractivity contribution < 1.29 is 14.3 Å². The normalized spacial score (nSPS) is 18.4. The molecule has 25 heavy (non-hydrogen) atoms. The Hall–Kier alpha value is -2.27. The monoisotopic (exact) mass is 342 g/mol. The Bertz CT molecular complexity index is 712. The lowest BCUT2D eigenvalue weighted by Crippen LogP contribution is -2.43. The molecule has 0 bridgehead atoms. The van der Waals surface area contributed by atoms with Crippen molar-refractivity contribution in [3.63, 3.8) is 0 Å². The van der Waals surface area contributed by atoms with E-state index in [-0.39, 0.29) is 12.1 Å². The zero-order valence-electron chi connectivity index (χ0n) is 14.9. The number of likely N-dealkylation sites (tertiary alicyclic amines) is 1. The highest BCUT2D eigenvalue weighted by molar-refractivity contribution is 5.74. The fraction of sp³-hybridized carbons (Fsp3) is 0.450. The van der Waals surface area contributed by atoms with Gasteiger partial charge in [-0.15, -0.1) is 0 Å². The maximum absolute atomic E-state index is 12.6. The number of furan rings is 1.